The second-order valence-corrected chi connectivity index (χ2v) is 5.24. The van der Waals surface area contributed by atoms with E-state index in [0.29, 0.717) is 19.8 Å². The number of morpholine rings is 1. The molecule has 0 atom stereocenters. The van der Waals surface area contributed by atoms with Crippen LogP contribution in [0.4, 0.5) is 0 Å². The number of carbonyl (C=O) groups excluding carboxylic acids is 1. The Labute approximate surface area is 130 Å². The largest absolute Gasteiger partial charge is 0.379 e. The summed E-state index contributed by atoms with van der Waals surface area (Å²) in [7, 11) is 0. The maximum absolute atomic E-state index is 12.1. The molecule has 0 bridgehead atoms. The molecule has 0 radical (unpaired) electrons. The third kappa shape index (κ3) is 3.63. The van der Waals surface area contributed by atoms with Crippen LogP contribution < -0.4 is 16.6 Å². The maximum Gasteiger partial charge on any atom is 0.327 e. The highest BCUT2D eigenvalue weighted by Gasteiger charge is 2.12. The van der Waals surface area contributed by atoms with Gasteiger partial charge in [-0.3, -0.25) is 24.5 Å². The molecule has 2 aromatic rings. The number of ether oxygens (including phenoxy) is 1. The average Bonchev–Trinajstić information content (AvgIpc) is 2.55. The van der Waals surface area contributed by atoms with Crippen LogP contribution in [-0.2, 0) is 4.74 Å². The summed E-state index contributed by atoms with van der Waals surface area (Å²) in [5.74, 6) is -0.307. The molecule has 1 aliphatic rings. The average molecular weight is 319 g/mol. The fourth-order valence-corrected chi connectivity index (χ4v) is 2.43. The van der Waals surface area contributed by atoms with E-state index in [1.807, 2.05) is 0 Å². The van der Waals surface area contributed by atoms with Crippen LogP contribution in [0, 0.1) is 0 Å². The molecule has 1 saturated heterocycles. The van der Waals surface area contributed by atoms with Gasteiger partial charge in [-0.15, -0.1) is 0 Å². The minimum Gasteiger partial charge on any atom is -0.379 e. The van der Waals surface area contributed by atoms with E-state index in [1.165, 1.54) is 12.3 Å². The van der Waals surface area contributed by atoms with Crippen molar-refractivity contribution in [3.63, 3.8) is 0 Å². The quantitative estimate of drug-likeness (QED) is 0.642. The van der Waals surface area contributed by atoms with Crippen molar-refractivity contribution < 1.29 is 9.53 Å². The van der Waals surface area contributed by atoms with Crippen LogP contribution in [-0.4, -0.2) is 65.2 Å². The van der Waals surface area contributed by atoms with Gasteiger partial charge in [0, 0.05) is 32.4 Å². The number of nitrogens with one attached hydrogen (secondary N) is 3. The monoisotopic (exact) mass is 319 g/mol. The lowest BCUT2D eigenvalue weighted by atomic mass is 10.2. The summed E-state index contributed by atoms with van der Waals surface area (Å²) in [6, 6.07) is 1.42. The van der Waals surface area contributed by atoms with Gasteiger partial charge in [0.15, 0.2) is 0 Å². The number of H-pyrrole nitrogens is 2. The molecule has 2 aromatic heterocycles. The normalized spacial score (nSPS) is 15.7. The number of nitrogens with zero attached hydrogens (tertiary/aromatic N) is 2. The van der Waals surface area contributed by atoms with Gasteiger partial charge < -0.3 is 10.1 Å². The van der Waals surface area contributed by atoms with Crippen LogP contribution >= 0.6 is 0 Å². The van der Waals surface area contributed by atoms with E-state index in [-0.39, 0.29) is 22.5 Å². The number of fused-ring (bicyclic) bond motifs is 1. The minimum absolute atomic E-state index is 0.156. The fraction of sp³-hybridized carbons (Fsp3) is 0.429. The van der Waals surface area contributed by atoms with Gasteiger partial charge >= 0.3 is 5.69 Å². The number of hydrogen-bond donors (Lipinski definition) is 3. The summed E-state index contributed by atoms with van der Waals surface area (Å²) in [5, 5.41) is 2.97. The maximum atomic E-state index is 12.1. The molecule has 3 heterocycles. The number of hydrogen-bond acceptors (Lipinski definition) is 6. The van der Waals surface area contributed by atoms with Gasteiger partial charge in [-0.2, -0.15) is 0 Å². The van der Waals surface area contributed by atoms with Gasteiger partial charge in [0.25, 0.3) is 11.5 Å². The Bertz CT molecular complexity index is 822. The first-order chi connectivity index (χ1) is 11.1. The SMILES string of the molecule is O=C(NCCN1CCOCC1)c1cnc2[nH]c(=O)[nH]c(=O)c2c1. The predicted molar refractivity (Wildman–Crippen MR) is 82.6 cm³/mol. The van der Waals surface area contributed by atoms with Crippen molar-refractivity contribution in [3.8, 4) is 0 Å². The second-order valence-electron chi connectivity index (χ2n) is 5.24. The van der Waals surface area contributed by atoms with Crippen LogP contribution in [0.1, 0.15) is 10.4 Å². The lowest BCUT2D eigenvalue weighted by Gasteiger charge is -2.26. The molecule has 1 aliphatic heterocycles. The van der Waals surface area contributed by atoms with Gasteiger partial charge in [0.05, 0.1) is 24.2 Å². The number of rotatable bonds is 4. The molecule has 0 unspecified atom stereocenters. The Morgan fingerprint density at radius 3 is 2.87 bits per heavy atom. The van der Waals surface area contributed by atoms with E-state index in [2.05, 4.69) is 25.2 Å². The lowest BCUT2D eigenvalue weighted by Crippen LogP contribution is -2.41. The van der Waals surface area contributed by atoms with Crippen molar-refractivity contribution in [1.82, 2.24) is 25.2 Å². The molecule has 3 N–H and O–H groups in total. The lowest BCUT2D eigenvalue weighted by molar-refractivity contribution is 0.0383. The van der Waals surface area contributed by atoms with Gasteiger partial charge in [0.2, 0.25) is 0 Å². The zero-order valence-electron chi connectivity index (χ0n) is 12.4. The van der Waals surface area contributed by atoms with E-state index in [1.54, 1.807) is 0 Å². The Morgan fingerprint density at radius 1 is 1.30 bits per heavy atom. The third-order valence-electron chi connectivity index (χ3n) is 3.67. The molecule has 0 aromatic carbocycles. The van der Waals surface area contributed by atoms with E-state index in [0.717, 1.165) is 19.6 Å². The van der Waals surface area contributed by atoms with Gasteiger partial charge in [0.1, 0.15) is 5.65 Å². The summed E-state index contributed by atoms with van der Waals surface area (Å²) >= 11 is 0. The van der Waals surface area contributed by atoms with Crippen molar-refractivity contribution in [1.29, 1.82) is 0 Å². The fourth-order valence-electron chi connectivity index (χ4n) is 2.43. The molecule has 0 saturated carbocycles. The molecular formula is C14H17N5O4. The van der Waals surface area contributed by atoms with Crippen molar-refractivity contribution in [2.24, 2.45) is 0 Å². The topological polar surface area (TPSA) is 120 Å². The minimum atomic E-state index is -0.627. The summed E-state index contributed by atoms with van der Waals surface area (Å²) < 4.78 is 5.26. The summed E-state index contributed by atoms with van der Waals surface area (Å²) in [4.78, 5) is 45.7. The highest BCUT2D eigenvalue weighted by atomic mass is 16.5. The van der Waals surface area contributed by atoms with E-state index in [9.17, 15) is 14.4 Å². The Hall–Kier alpha value is -2.52. The van der Waals surface area contributed by atoms with Crippen molar-refractivity contribution in [2.45, 2.75) is 0 Å². The molecule has 1 fully saturated rings. The number of pyridine rings is 1. The van der Waals surface area contributed by atoms with Crippen molar-refractivity contribution in [2.75, 3.05) is 39.4 Å². The van der Waals surface area contributed by atoms with Crippen LogP contribution in [0.5, 0.6) is 0 Å². The predicted octanol–water partition coefficient (Wildman–Crippen LogP) is -1.33. The van der Waals surface area contributed by atoms with Gasteiger partial charge in [-0.05, 0) is 6.07 Å². The van der Waals surface area contributed by atoms with Crippen molar-refractivity contribution >= 4 is 16.9 Å². The zero-order chi connectivity index (χ0) is 16.2. The summed E-state index contributed by atoms with van der Waals surface area (Å²) in [6.07, 6.45) is 1.34. The smallest absolute Gasteiger partial charge is 0.327 e. The first kappa shape index (κ1) is 15.4. The van der Waals surface area contributed by atoms with Crippen molar-refractivity contribution in [3.05, 3.63) is 38.7 Å². The molecule has 122 valence electrons. The summed E-state index contributed by atoms with van der Waals surface area (Å²) in [5.41, 5.74) is -0.766. The highest BCUT2D eigenvalue weighted by molar-refractivity contribution is 5.96. The zero-order valence-corrected chi connectivity index (χ0v) is 12.4. The van der Waals surface area contributed by atoms with Crippen LogP contribution in [0.2, 0.25) is 0 Å². The molecular weight excluding hydrogens is 302 g/mol. The molecule has 9 heteroatoms. The first-order valence-corrected chi connectivity index (χ1v) is 7.34. The Balaban J connectivity index is 1.66. The van der Waals surface area contributed by atoms with E-state index >= 15 is 0 Å². The van der Waals surface area contributed by atoms with Crippen LogP contribution in [0.25, 0.3) is 11.0 Å². The molecule has 0 aliphatic carbocycles. The number of aromatic nitrogens is 3. The molecule has 9 nitrogen and oxygen atoms in total. The Kier molecular flexibility index (Phi) is 4.49. The Morgan fingerprint density at radius 2 is 2.09 bits per heavy atom. The second kappa shape index (κ2) is 6.71. The van der Waals surface area contributed by atoms with Crippen LogP contribution in [0.15, 0.2) is 21.9 Å². The molecule has 0 spiro atoms. The summed E-state index contributed by atoms with van der Waals surface area (Å²) in [6.45, 7) is 4.38. The highest BCUT2D eigenvalue weighted by Crippen LogP contribution is 2.05. The van der Waals surface area contributed by atoms with E-state index < -0.39 is 11.2 Å². The van der Waals surface area contributed by atoms with E-state index in [4.69, 9.17) is 4.74 Å². The van der Waals surface area contributed by atoms with Crippen LogP contribution in [0.3, 0.4) is 0 Å². The number of amides is 1. The number of carbonyl (C=O) groups is 1. The molecule has 23 heavy (non-hydrogen) atoms. The van der Waals surface area contributed by atoms with Gasteiger partial charge in [-0.25, -0.2) is 9.78 Å². The standard InChI is InChI=1S/C14H17N5O4/c20-12(15-1-2-19-3-5-23-6-4-19)9-7-10-11(16-8-9)17-14(22)18-13(10)21/h7-8H,1-6H2,(H,15,20)(H2,16,17,18,21,22). The van der Waals surface area contributed by atoms with Gasteiger partial charge in [-0.1, -0.05) is 0 Å². The number of aromatic amines is 2. The molecule has 1 amide bonds. The molecule has 3 rings (SSSR count). The third-order valence-corrected chi connectivity index (χ3v) is 3.67. The first-order valence-electron chi connectivity index (χ1n) is 7.34.